The van der Waals surface area contributed by atoms with Crippen molar-refractivity contribution in [2.45, 2.75) is 89.3 Å². The molecule has 1 aliphatic heterocycles. The van der Waals surface area contributed by atoms with Crippen molar-refractivity contribution in [3.63, 3.8) is 0 Å². The molecule has 1 spiro atoms. The van der Waals surface area contributed by atoms with Crippen LogP contribution in [0.4, 0.5) is 0 Å². The van der Waals surface area contributed by atoms with Crippen molar-refractivity contribution in [3.8, 4) is 0 Å². The highest BCUT2D eigenvalue weighted by Gasteiger charge is 2.66. The molecule has 0 aromatic carbocycles. The Bertz CT molecular complexity index is 361. The van der Waals surface area contributed by atoms with E-state index in [1.165, 1.54) is 51.4 Å². The molecular weight excluding hydrogens is 264 g/mol. The molecule has 3 fully saturated rings. The Morgan fingerprint density at radius 2 is 1.90 bits per heavy atom. The minimum atomic E-state index is -0.249. The topological polar surface area (TPSA) is 38.8 Å². The highest BCUT2D eigenvalue weighted by molar-refractivity contribution is 5.79. The van der Waals surface area contributed by atoms with E-state index in [9.17, 15) is 4.79 Å². The van der Waals surface area contributed by atoms with Gasteiger partial charge in [0, 0.05) is 0 Å². The van der Waals surface area contributed by atoms with Crippen molar-refractivity contribution in [3.05, 3.63) is 0 Å². The molecule has 1 saturated heterocycles. The number of hydrogen-bond donors (Lipinski definition) is 0. The second-order valence-corrected chi connectivity index (χ2v) is 7.22. The van der Waals surface area contributed by atoms with Crippen LogP contribution in [0.3, 0.4) is 0 Å². The van der Waals surface area contributed by atoms with Crippen LogP contribution in [0.15, 0.2) is 0 Å². The standard InChI is InChI=1S/C18H30O3/c1-2-3-13-20-17(19)16-18(21-16)12-8-7-11-15(18)14-9-5-4-6-10-14/h14-16H,2-13H2,1H3. The Hall–Kier alpha value is -0.570. The van der Waals surface area contributed by atoms with E-state index in [2.05, 4.69) is 6.92 Å². The minimum absolute atomic E-state index is 0.0915. The maximum absolute atomic E-state index is 12.2. The van der Waals surface area contributed by atoms with Crippen molar-refractivity contribution >= 4 is 5.97 Å². The minimum Gasteiger partial charge on any atom is -0.464 e. The molecule has 0 aromatic heterocycles. The van der Waals surface area contributed by atoms with Crippen molar-refractivity contribution in [2.75, 3.05) is 6.61 Å². The number of hydrogen-bond acceptors (Lipinski definition) is 3. The Morgan fingerprint density at radius 3 is 2.67 bits per heavy atom. The molecule has 21 heavy (non-hydrogen) atoms. The van der Waals surface area contributed by atoms with Crippen molar-refractivity contribution < 1.29 is 14.3 Å². The molecule has 0 amide bonds. The molecule has 1 heterocycles. The zero-order valence-corrected chi connectivity index (χ0v) is 13.4. The SMILES string of the molecule is CCCCOC(=O)C1OC12CCCCC2C1CCCCC1. The molecule has 120 valence electrons. The summed E-state index contributed by atoms with van der Waals surface area (Å²) in [4.78, 5) is 12.2. The Morgan fingerprint density at radius 1 is 1.14 bits per heavy atom. The zero-order valence-electron chi connectivity index (χ0n) is 13.4. The van der Waals surface area contributed by atoms with Gasteiger partial charge in [-0.3, -0.25) is 0 Å². The third-order valence-corrected chi connectivity index (χ3v) is 5.86. The smallest absolute Gasteiger partial charge is 0.338 e. The van der Waals surface area contributed by atoms with Gasteiger partial charge in [-0.1, -0.05) is 58.3 Å². The van der Waals surface area contributed by atoms with E-state index >= 15 is 0 Å². The van der Waals surface area contributed by atoms with E-state index in [1.807, 2.05) is 0 Å². The molecule has 0 aromatic rings. The second-order valence-electron chi connectivity index (χ2n) is 7.22. The van der Waals surface area contributed by atoms with Crippen LogP contribution in [-0.2, 0) is 14.3 Å². The first-order valence-corrected chi connectivity index (χ1v) is 9.12. The lowest BCUT2D eigenvalue weighted by atomic mass is 9.66. The highest BCUT2D eigenvalue weighted by Crippen LogP contribution is 2.56. The third kappa shape index (κ3) is 3.13. The molecule has 0 bridgehead atoms. The number of epoxide rings is 1. The number of ether oxygens (including phenoxy) is 2. The largest absolute Gasteiger partial charge is 0.464 e. The van der Waals surface area contributed by atoms with Gasteiger partial charge in [0.05, 0.1) is 6.61 Å². The molecule has 3 nitrogen and oxygen atoms in total. The van der Waals surface area contributed by atoms with E-state index in [-0.39, 0.29) is 17.7 Å². The zero-order chi connectivity index (χ0) is 14.7. The van der Waals surface area contributed by atoms with Gasteiger partial charge in [-0.05, 0) is 31.1 Å². The second kappa shape index (κ2) is 6.68. The quantitative estimate of drug-likeness (QED) is 0.432. The normalized spacial score (nSPS) is 36.6. The van der Waals surface area contributed by atoms with Crippen molar-refractivity contribution in [1.29, 1.82) is 0 Å². The van der Waals surface area contributed by atoms with E-state index in [0.717, 1.165) is 25.2 Å². The van der Waals surface area contributed by atoms with Crippen LogP contribution in [0.5, 0.6) is 0 Å². The molecule has 3 aliphatic rings. The van der Waals surface area contributed by atoms with Gasteiger partial charge in [0.25, 0.3) is 0 Å². The molecule has 3 heteroatoms. The summed E-state index contributed by atoms with van der Waals surface area (Å²) in [7, 11) is 0. The first-order chi connectivity index (χ1) is 10.3. The molecule has 3 atom stereocenters. The average Bonchev–Trinajstić information content (AvgIpc) is 3.23. The fraction of sp³-hybridized carbons (Fsp3) is 0.944. The molecule has 0 radical (unpaired) electrons. The average molecular weight is 294 g/mol. The Labute approximate surface area is 128 Å². The summed E-state index contributed by atoms with van der Waals surface area (Å²) in [6.07, 6.45) is 13.4. The first kappa shape index (κ1) is 15.3. The van der Waals surface area contributed by atoms with Gasteiger partial charge in [-0.15, -0.1) is 0 Å². The number of rotatable bonds is 5. The lowest BCUT2D eigenvalue weighted by Gasteiger charge is -2.37. The summed E-state index contributed by atoms with van der Waals surface area (Å²) in [6.45, 7) is 2.67. The molecule has 3 unspecified atom stereocenters. The van der Waals surface area contributed by atoms with Crippen molar-refractivity contribution in [1.82, 2.24) is 0 Å². The molecule has 2 saturated carbocycles. The number of esters is 1. The lowest BCUT2D eigenvalue weighted by molar-refractivity contribution is -0.145. The molecule has 2 aliphatic carbocycles. The number of carbonyl (C=O) groups is 1. The van der Waals surface area contributed by atoms with Crippen molar-refractivity contribution in [2.24, 2.45) is 11.8 Å². The van der Waals surface area contributed by atoms with Crippen LogP contribution in [0.1, 0.15) is 77.6 Å². The van der Waals surface area contributed by atoms with Gasteiger partial charge in [0.15, 0.2) is 6.10 Å². The Balaban J connectivity index is 1.60. The van der Waals surface area contributed by atoms with Crippen LogP contribution in [0.2, 0.25) is 0 Å². The summed E-state index contributed by atoms with van der Waals surface area (Å²) < 4.78 is 11.4. The predicted molar refractivity (Wildman–Crippen MR) is 82.0 cm³/mol. The van der Waals surface area contributed by atoms with Crippen LogP contribution < -0.4 is 0 Å². The summed E-state index contributed by atoms with van der Waals surface area (Å²) in [6, 6.07) is 0. The summed E-state index contributed by atoms with van der Waals surface area (Å²) in [5, 5.41) is 0. The van der Waals surface area contributed by atoms with Crippen LogP contribution in [-0.4, -0.2) is 24.3 Å². The van der Waals surface area contributed by atoms with E-state index in [1.54, 1.807) is 0 Å². The summed E-state index contributed by atoms with van der Waals surface area (Å²) >= 11 is 0. The summed E-state index contributed by atoms with van der Waals surface area (Å²) in [5.74, 6) is 1.30. The van der Waals surface area contributed by atoms with Crippen LogP contribution >= 0.6 is 0 Å². The van der Waals surface area contributed by atoms with Gasteiger partial charge in [-0.25, -0.2) is 4.79 Å². The van der Waals surface area contributed by atoms with Crippen LogP contribution in [0, 0.1) is 11.8 Å². The number of unbranched alkanes of at least 4 members (excludes halogenated alkanes) is 1. The maximum atomic E-state index is 12.2. The predicted octanol–water partition coefficient (Wildman–Crippen LogP) is 4.24. The maximum Gasteiger partial charge on any atom is 0.338 e. The summed E-state index contributed by atoms with van der Waals surface area (Å²) in [5.41, 5.74) is -0.135. The highest BCUT2D eigenvalue weighted by atomic mass is 16.7. The fourth-order valence-electron chi connectivity index (χ4n) is 4.66. The van der Waals surface area contributed by atoms with Gasteiger partial charge in [-0.2, -0.15) is 0 Å². The van der Waals surface area contributed by atoms with E-state index in [4.69, 9.17) is 9.47 Å². The van der Waals surface area contributed by atoms with Gasteiger partial charge in [0.2, 0.25) is 0 Å². The third-order valence-electron chi connectivity index (χ3n) is 5.86. The first-order valence-electron chi connectivity index (χ1n) is 9.12. The lowest BCUT2D eigenvalue weighted by Crippen LogP contribution is -2.39. The molecular formula is C18H30O3. The van der Waals surface area contributed by atoms with Gasteiger partial charge in [0.1, 0.15) is 5.60 Å². The molecule has 0 N–H and O–H groups in total. The monoisotopic (exact) mass is 294 g/mol. The number of carbonyl (C=O) groups excluding carboxylic acids is 1. The van der Waals surface area contributed by atoms with E-state index in [0.29, 0.717) is 12.5 Å². The van der Waals surface area contributed by atoms with E-state index < -0.39 is 0 Å². The molecule has 3 rings (SSSR count). The van der Waals surface area contributed by atoms with Crippen LogP contribution in [0.25, 0.3) is 0 Å². The van der Waals surface area contributed by atoms with Gasteiger partial charge >= 0.3 is 5.97 Å². The Kier molecular flexibility index (Phi) is 4.88. The fourth-order valence-corrected chi connectivity index (χ4v) is 4.66. The van der Waals surface area contributed by atoms with Gasteiger partial charge < -0.3 is 9.47 Å².